The van der Waals surface area contributed by atoms with Gasteiger partial charge in [0.2, 0.25) is 5.91 Å². The summed E-state index contributed by atoms with van der Waals surface area (Å²) in [6.45, 7) is 4.26. The van der Waals surface area contributed by atoms with E-state index in [1.807, 2.05) is 19.9 Å². The maximum atomic E-state index is 13.4. The minimum Gasteiger partial charge on any atom is -0.340 e. The molecule has 5 nitrogen and oxygen atoms in total. The number of nitrogens with zero attached hydrogens (tertiary/aromatic N) is 4. The number of aryl methyl sites for hydroxylation is 1. The molecule has 0 bridgehead atoms. The Hall–Kier alpha value is -1.89. The number of benzene rings is 1. The van der Waals surface area contributed by atoms with Crippen molar-refractivity contribution in [1.82, 2.24) is 19.7 Å². The average Bonchev–Trinajstić information content (AvgIpc) is 3.01. The van der Waals surface area contributed by atoms with Gasteiger partial charge in [-0.05, 0) is 44.4 Å². The van der Waals surface area contributed by atoms with E-state index in [1.54, 1.807) is 18.0 Å². The summed E-state index contributed by atoms with van der Waals surface area (Å²) in [5.41, 5.74) is 0.782. The Labute approximate surface area is 164 Å². The van der Waals surface area contributed by atoms with Gasteiger partial charge < -0.3 is 9.47 Å². The highest BCUT2D eigenvalue weighted by Crippen LogP contribution is 2.33. The van der Waals surface area contributed by atoms with Crippen molar-refractivity contribution in [3.05, 3.63) is 41.5 Å². The Morgan fingerprint density at radius 1 is 1.33 bits per heavy atom. The molecule has 7 heteroatoms. The number of carbonyl (C=O) groups is 1. The van der Waals surface area contributed by atoms with Gasteiger partial charge in [0.15, 0.2) is 5.16 Å². The standard InChI is InChI=1S/C20H27FN4OS/c1-14(19(26)24(3)13-16-8-7-9-17(21)12-16)27-20-23-22-15(2)25(20)18-10-5-4-6-11-18/h7-9,12,14,18H,4-6,10-11,13H2,1-3H3. The summed E-state index contributed by atoms with van der Waals surface area (Å²) in [5.74, 6) is 0.629. The summed E-state index contributed by atoms with van der Waals surface area (Å²) in [6.07, 6.45) is 6.05. The monoisotopic (exact) mass is 390 g/mol. The van der Waals surface area contributed by atoms with Crippen LogP contribution in [0.15, 0.2) is 29.4 Å². The van der Waals surface area contributed by atoms with E-state index in [9.17, 15) is 9.18 Å². The predicted molar refractivity (Wildman–Crippen MR) is 105 cm³/mol. The minimum absolute atomic E-state index is 0.000100. The van der Waals surface area contributed by atoms with E-state index in [0.29, 0.717) is 12.6 Å². The first-order valence-corrected chi connectivity index (χ1v) is 10.4. The van der Waals surface area contributed by atoms with Crippen molar-refractivity contribution >= 4 is 17.7 Å². The maximum Gasteiger partial charge on any atom is 0.235 e. The van der Waals surface area contributed by atoms with Crippen LogP contribution in [0.1, 0.15) is 56.5 Å². The lowest BCUT2D eigenvalue weighted by Crippen LogP contribution is -2.33. The third-order valence-corrected chi connectivity index (χ3v) is 6.13. The smallest absolute Gasteiger partial charge is 0.235 e. The topological polar surface area (TPSA) is 51.0 Å². The Balaban J connectivity index is 1.66. The highest BCUT2D eigenvalue weighted by molar-refractivity contribution is 8.00. The molecule has 1 aromatic heterocycles. The van der Waals surface area contributed by atoms with Gasteiger partial charge in [0.1, 0.15) is 11.6 Å². The molecule has 0 spiro atoms. The molecule has 0 aliphatic heterocycles. The largest absolute Gasteiger partial charge is 0.340 e. The molecule has 1 amide bonds. The Morgan fingerprint density at radius 3 is 2.78 bits per heavy atom. The van der Waals surface area contributed by atoms with Crippen molar-refractivity contribution in [1.29, 1.82) is 0 Å². The predicted octanol–water partition coefficient (Wildman–Crippen LogP) is 4.37. The van der Waals surface area contributed by atoms with Crippen LogP contribution < -0.4 is 0 Å². The summed E-state index contributed by atoms with van der Waals surface area (Å²) in [6, 6.07) is 6.79. The van der Waals surface area contributed by atoms with Crippen molar-refractivity contribution in [2.75, 3.05) is 7.05 Å². The number of thioether (sulfide) groups is 1. The van der Waals surface area contributed by atoms with Crippen LogP contribution in [0.4, 0.5) is 4.39 Å². The lowest BCUT2D eigenvalue weighted by molar-refractivity contribution is -0.129. The molecule has 1 fully saturated rings. The Kier molecular flexibility index (Phi) is 6.52. The molecular weight excluding hydrogens is 363 g/mol. The second-order valence-electron chi connectivity index (χ2n) is 7.28. The summed E-state index contributed by atoms with van der Waals surface area (Å²) in [5, 5.41) is 9.11. The molecule has 3 rings (SSSR count). The molecule has 1 atom stereocenters. The fraction of sp³-hybridized carbons (Fsp3) is 0.550. The third-order valence-electron chi connectivity index (χ3n) is 5.09. The molecule has 146 valence electrons. The normalized spacial score (nSPS) is 16.3. The van der Waals surface area contributed by atoms with E-state index < -0.39 is 0 Å². The zero-order valence-corrected chi connectivity index (χ0v) is 17.0. The zero-order valence-electron chi connectivity index (χ0n) is 16.2. The van der Waals surface area contributed by atoms with Gasteiger partial charge in [-0.3, -0.25) is 4.79 Å². The van der Waals surface area contributed by atoms with Crippen molar-refractivity contribution in [2.45, 2.75) is 68.9 Å². The fourth-order valence-electron chi connectivity index (χ4n) is 3.70. The lowest BCUT2D eigenvalue weighted by Gasteiger charge is -2.26. The summed E-state index contributed by atoms with van der Waals surface area (Å²) in [4.78, 5) is 14.4. The summed E-state index contributed by atoms with van der Waals surface area (Å²) in [7, 11) is 1.75. The highest BCUT2D eigenvalue weighted by Gasteiger charge is 2.25. The molecule has 2 aromatic rings. The average molecular weight is 391 g/mol. The Bertz CT molecular complexity index is 788. The van der Waals surface area contributed by atoms with Crippen molar-refractivity contribution in [2.24, 2.45) is 0 Å². The van der Waals surface area contributed by atoms with Crippen LogP contribution in [0.25, 0.3) is 0 Å². The number of rotatable bonds is 6. The first-order valence-electron chi connectivity index (χ1n) is 9.53. The van der Waals surface area contributed by atoms with Gasteiger partial charge >= 0.3 is 0 Å². The van der Waals surface area contributed by atoms with Crippen LogP contribution >= 0.6 is 11.8 Å². The van der Waals surface area contributed by atoms with Crippen LogP contribution in [0, 0.1) is 12.7 Å². The molecule has 0 N–H and O–H groups in total. The van der Waals surface area contributed by atoms with Gasteiger partial charge in [-0.25, -0.2) is 4.39 Å². The second kappa shape index (κ2) is 8.87. The first-order chi connectivity index (χ1) is 13.0. The molecule has 1 aliphatic rings. The zero-order chi connectivity index (χ0) is 19.4. The van der Waals surface area contributed by atoms with E-state index in [0.717, 1.165) is 29.4 Å². The second-order valence-corrected chi connectivity index (χ2v) is 8.58. The van der Waals surface area contributed by atoms with E-state index in [-0.39, 0.29) is 17.0 Å². The minimum atomic E-state index is -0.285. The molecule has 1 aliphatic carbocycles. The number of hydrogen-bond donors (Lipinski definition) is 0. The van der Waals surface area contributed by atoms with Gasteiger partial charge in [0.25, 0.3) is 0 Å². The first kappa shape index (κ1) is 19.9. The van der Waals surface area contributed by atoms with E-state index in [4.69, 9.17) is 0 Å². The van der Waals surface area contributed by atoms with E-state index in [1.165, 1.54) is 43.2 Å². The highest BCUT2D eigenvalue weighted by atomic mass is 32.2. The number of hydrogen-bond acceptors (Lipinski definition) is 4. The maximum absolute atomic E-state index is 13.4. The van der Waals surface area contributed by atoms with Crippen LogP contribution in [0.3, 0.4) is 0 Å². The molecule has 1 aromatic carbocycles. The van der Waals surface area contributed by atoms with E-state index in [2.05, 4.69) is 14.8 Å². The SMILES string of the molecule is Cc1nnc(SC(C)C(=O)N(C)Cc2cccc(F)c2)n1C1CCCCC1. The van der Waals surface area contributed by atoms with Gasteiger partial charge in [0, 0.05) is 19.6 Å². The van der Waals surface area contributed by atoms with Crippen LogP contribution in [-0.4, -0.2) is 37.9 Å². The fourth-order valence-corrected chi connectivity index (χ4v) is 4.78. The molecule has 1 unspecified atom stereocenters. The lowest BCUT2D eigenvalue weighted by atomic mass is 9.95. The van der Waals surface area contributed by atoms with Crippen LogP contribution in [0.5, 0.6) is 0 Å². The molecule has 0 radical (unpaired) electrons. The van der Waals surface area contributed by atoms with E-state index >= 15 is 0 Å². The van der Waals surface area contributed by atoms with Gasteiger partial charge in [-0.1, -0.05) is 43.2 Å². The van der Waals surface area contributed by atoms with Gasteiger partial charge in [-0.15, -0.1) is 10.2 Å². The van der Waals surface area contributed by atoms with Crippen molar-refractivity contribution in [3.8, 4) is 0 Å². The molecule has 27 heavy (non-hydrogen) atoms. The quantitative estimate of drug-likeness (QED) is 0.687. The molecule has 1 heterocycles. The van der Waals surface area contributed by atoms with Crippen LogP contribution in [-0.2, 0) is 11.3 Å². The molecular formula is C20H27FN4OS. The van der Waals surface area contributed by atoms with Gasteiger partial charge in [0.05, 0.1) is 5.25 Å². The molecule has 0 saturated heterocycles. The van der Waals surface area contributed by atoms with Crippen LogP contribution in [0.2, 0.25) is 0 Å². The number of aromatic nitrogens is 3. The number of carbonyl (C=O) groups excluding carboxylic acids is 1. The van der Waals surface area contributed by atoms with Crippen molar-refractivity contribution in [3.63, 3.8) is 0 Å². The van der Waals surface area contributed by atoms with Crippen molar-refractivity contribution < 1.29 is 9.18 Å². The Morgan fingerprint density at radius 2 is 2.07 bits per heavy atom. The number of amides is 1. The third kappa shape index (κ3) is 4.89. The molecule has 1 saturated carbocycles. The summed E-state index contributed by atoms with van der Waals surface area (Å²) >= 11 is 1.46. The summed E-state index contributed by atoms with van der Waals surface area (Å²) < 4.78 is 15.6. The van der Waals surface area contributed by atoms with Gasteiger partial charge in [-0.2, -0.15) is 0 Å². The number of halogens is 1.